The Kier molecular flexibility index (Phi) is 1.85. The minimum absolute atomic E-state index is 0.0595. The number of hydrogen-bond acceptors (Lipinski definition) is 3. The highest BCUT2D eigenvalue weighted by molar-refractivity contribution is 5.45. The molecule has 3 rings (SSSR count). The molecule has 1 N–H and O–H groups in total. The Bertz CT molecular complexity index is 537. The molecule has 1 atom stereocenters. The molecule has 0 bridgehead atoms. The Morgan fingerprint density at radius 3 is 3.27 bits per heavy atom. The van der Waals surface area contributed by atoms with Gasteiger partial charge in [-0.15, -0.1) is 0 Å². The predicted molar refractivity (Wildman–Crippen MR) is 53.7 cm³/mol. The normalized spacial score (nSPS) is 21.2. The van der Waals surface area contributed by atoms with Crippen LogP contribution in [0.5, 0.6) is 0 Å². The summed E-state index contributed by atoms with van der Waals surface area (Å²) in [6, 6.07) is 1.80. The van der Waals surface area contributed by atoms with Gasteiger partial charge in [-0.25, -0.2) is 4.52 Å². The molecule has 1 aliphatic heterocycles. The average molecular weight is 205 g/mol. The van der Waals surface area contributed by atoms with Crippen LogP contribution in [0.4, 0.5) is 0 Å². The van der Waals surface area contributed by atoms with Crippen molar-refractivity contribution in [2.24, 2.45) is 0 Å². The third kappa shape index (κ3) is 1.35. The molecule has 15 heavy (non-hydrogen) atoms. The summed E-state index contributed by atoms with van der Waals surface area (Å²) in [6.45, 7) is 0.787. The monoisotopic (exact) mass is 205 g/mol. The van der Waals surface area contributed by atoms with Gasteiger partial charge in [-0.1, -0.05) is 0 Å². The van der Waals surface area contributed by atoms with E-state index >= 15 is 0 Å². The smallest absolute Gasteiger partial charge is 0.273 e. The van der Waals surface area contributed by atoms with Gasteiger partial charge in [-0.2, -0.15) is 5.10 Å². The van der Waals surface area contributed by atoms with Crippen molar-refractivity contribution in [1.29, 1.82) is 0 Å². The Hall–Kier alpha value is -1.62. The summed E-state index contributed by atoms with van der Waals surface area (Å²) >= 11 is 0. The largest absolute Gasteiger partial charge is 0.372 e. The predicted octanol–water partition coefficient (Wildman–Crippen LogP) is 0.874. The van der Waals surface area contributed by atoms with Gasteiger partial charge >= 0.3 is 0 Å². The number of H-pyrrole nitrogens is 1. The fourth-order valence-corrected chi connectivity index (χ4v) is 1.92. The lowest BCUT2D eigenvalue weighted by atomic mass is 10.2. The standard InChI is InChI=1S/C10H11N3O2/c14-10-8-6-7(9-2-1-5-15-9)12-13(8)4-3-11-10/h3-4,6,9H,1-2,5H2,(H,11,14). The van der Waals surface area contributed by atoms with Crippen molar-refractivity contribution >= 4 is 5.52 Å². The highest BCUT2D eigenvalue weighted by Crippen LogP contribution is 2.27. The molecule has 78 valence electrons. The Morgan fingerprint density at radius 2 is 2.53 bits per heavy atom. The quantitative estimate of drug-likeness (QED) is 0.751. The van der Waals surface area contributed by atoms with Crippen LogP contribution in [0.15, 0.2) is 23.3 Å². The van der Waals surface area contributed by atoms with Crippen LogP contribution in [-0.4, -0.2) is 21.2 Å². The SMILES string of the molecule is O=c1[nH]ccn2nc(C3CCCO3)cc12. The molecule has 3 heterocycles. The number of nitrogens with zero attached hydrogens (tertiary/aromatic N) is 2. The maximum absolute atomic E-state index is 11.4. The van der Waals surface area contributed by atoms with E-state index in [4.69, 9.17) is 4.74 Å². The van der Waals surface area contributed by atoms with Gasteiger partial charge in [0.2, 0.25) is 0 Å². The Labute approximate surface area is 85.7 Å². The number of fused-ring (bicyclic) bond motifs is 1. The van der Waals surface area contributed by atoms with Crippen LogP contribution in [0, 0.1) is 0 Å². The van der Waals surface area contributed by atoms with Crippen molar-refractivity contribution < 1.29 is 4.74 Å². The van der Waals surface area contributed by atoms with Crippen molar-refractivity contribution in [3.8, 4) is 0 Å². The molecule has 1 saturated heterocycles. The lowest BCUT2D eigenvalue weighted by Crippen LogP contribution is -2.07. The molecule has 5 nitrogen and oxygen atoms in total. The number of aromatic nitrogens is 3. The minimum Gasteiger partial charge on any atom is -0.372 e. The summed E-state index contributed by atoms with van der Waals surface area (Å²) in [6.07, 6.45) is 5.43. The summed E-state index contributed by atoms with van der Waals surface area (Å²) in [4.78, 5) is 14.1. The Balaban J connectivity index is 2.13. The lowest BCUT2D eigenvalue weighted by molar-refractivity contribution is 0.108. The number of ether oxygens (including phenoxy) is 1. The van der Waals surface area contributed by atoms with Crippen LogP contribution in [-0.2, 0) is 4.74 Å². The minimum atomic E-state index is -0.116. The van der Waals surface area contributed by atoms with Crippen LogP contribution in [0.3, 0.4) is 0 Å². The third-order valence-corrected chi connectivity index (χ3v) is 2.68. The summed E-state index contributed by atoms with van der Waals surface area (Å²) in [5.41, 5.74) is 1.31. The van der Waals surface area contributed by atoms with E-state index in [1.807, 2.05) is 0 Å². The highest BCUT2D eigenvalue weighted by atomic mass is 16.5. The zero-order chi connectivity index (χ0) is 10.3. The maximum Gasteiger partial charge on any atom is 0.273 e. The molecular weight excluding hydrogens is 194 g/mol. The van der Waals surface area contributed by atoms with E-state index in [2.05, 4.69) is 10.1 Å². The van der Waals surface area contributed by atoms with Gasteiger partial charge in [0, 0.05) is 19.0 Å². The zero-order valence-electron chi connectivity index (χ0n) is 8.14. The molecule has 2 aromatic heterocycles. The van der Waals surface area contributed by atoms with Crippen molar-refractivity contribution in [3.05, 3.63) is 34.5 Å². The van der Waals surface area contributed by atoms with Crippen molar-refractivity contribution in [3.63, 3.8) is 0 Å². The fourth-order valence-electron chi connectivity index (χ4n) is 1.92. The van der Waals surface area contributed by atoms with E-state index < -0.39 is 0 Å². The number of hydrogen-bond donors (Lipinski definition) is 1. The first-order valence-corrected chi connectivity index (χ1v) is 5.03. The second-order valence-electron chi connectivity index (χ2n) is 3.69. The van der Waals surface area contributed by atoms with E-state index in [0.29, 0.717) is 5.52 Å². The van der Waals surface area contributed by atoms with Gasteiger partial charge in [-0.3, -0.25) is 4.79 Å². The summed E-state index contributed by atoms with van der Waals surface area (Å²) in [5.74, 6) is 0. The van der Waals surface area contributed by atoms with E-state index in [1.54, 1.807) is 23.0 Å². The molecule has 1 aliphatic rings. The first kappa shape index (κ1) is 8.67. The fraction of sp³-hybridized carbons (Fsp3) is 0.400. The van der Waals surface area contributed by atoms with Crippen LogP contribution in [0.1, 0.15) is 24.6 Å². The van der Waals surface area contributed by atoms with E-state index in [1.165, 1.54) is 0 Å². The van der Waals surface area contributed by atoms with Gasteiger partial charge < -0.3 is 9.72 Å². The van der Waals surface area contributed by atoms with Crippen LogP contribution >= 0.6 is 0 Å². The topological polar surface area (TPSA) is 59.4 Å². The Morgan fingerprint density at radius 1 is 1.60 bits per heavy atom. The van der Waals surface area contributed by atoms with Gasteiger partial charge in [-0.05, 0) is 18.9 Å². The molecule has 5 heteroatoms. The second kappa shape index (κ2) is 3.20. The zero-order valence-corrected chi connectivity index (χ0v) is 8.14. The number of rotatable bonds is 1. The number of aromatic amines is 1. The molecule has 0 spiro atoms. The summed E-state index contributed by atoms with van der Waals surface area (Å²) in [5, 5.41) is 4.33. The maximum atomic E-state index is 11.4. The molecule has 0 aromatic carbocycles. The van der Waals surface area contributed by atoms with Gasteiger partial charge in [0.05, 0.1) is 5.69 Å². The molecule has 1 fully saturated rings. The number of nitrogens with one attached hydrogen (secondary N) is 1. The van der Waals surface area contributed by atoms with Crippen LogP contribution in [0.25, 0.3) is 5.52 Å². The molecule has 0 aliphatic carbocycles. The van der Waals surface area contributed by atoms with Crippen molar-refractivity contribution in [1.82, 2.24) is 14.6 Å². The average Bonchev–Trinajstić information content (AvgIpc) is 2.86. The van der Waals surface area contributed by atoms with E-state index in [0.717, 1.165) is 25.1 Å². The second-order valence-corrected chi connectivity index (χ2v) is 3.69. The first-order chi connectivity index (χ1) is 7.34. The summed E-state index contributed by atoms with van der Waals surface area (Å²) in [7, 11) is 0. The van der Waals surface area contributed by atoms with E-state index in [-0.39, 0.29) is 11.7 Å². The summed E-state index contributed by atoms with van der Waals surface area (Å²) < 4.78 is 7.11. The van der Waals surface area contributed by atoms with Gasteiger partial charge in [0.25, 0.3) is 5.56 Å². The molecule has 0 saturated carbocycles. The van der Waals surface area contributed by atoms with Gasteiger partial charge in [0.1, 0.15) is 11.6 Å². The molecular formula is C10H11N3O2. The van der Waals surface area contributed by atoms with Gasteiger partial charge in [0.15, 0.2) is 0 Å². The van der Waals surface area contributed by atoms with Crippen molar-refractivity contribution in [2.75, 3.05) is 6.61 Å². The van der Waals surface area contributed by atoms with Crippen molar-refractivity contribution in [2.45, 2.75) is 18.9 Å². The first-order valence-electron chi connectivity index (χ1n) is 5.03. The lowest BCUT2D eigenvalue weighted by Gasteiger charge is -2.03. The third-order valence-electron chi connectivity index (χ3n) is 2.68. The molecule has 2 aromatic rings. The molecule has 0 radical (unpaired) electrons. The molecule has 1 unspecified atom stereocenters. The van der Waals surface area contributed by atoms with Crippen LogP contribution < -0.4 is 5.56 Å². The van der Waals surface area contributed by atoms with Crippen LogP contribution in [0.2, 0.25) is 0 Å². The molecule has 0 amide bonds. The van der Waals surface area contributed by atoms with E-state index in [9.17, 15) is 4.79 Å². The highest BCUT2D eigenvalue weighted by Gasteiger charge is 2.20.